The molecule has 41 heavy (non-hydrogen) atoms. The summed E-state index contributed by atoms with van der Waals surface area (Å²) in [5, 5.41) is 3.66. The fraction of sp³-hybridized carbons (Fsp3) is 0.355. The number of carbonyl (C=O) groups is 2. The molecular weight excluding hydrogens is 626 g/mol. The predicted molar refractivity (Wildman–Crippen MR) is 167 cm³/mol. The Morgan fingerprint density at radius 3 is 2.32 bits per heavy atom. The van der Waals surface area contributed by atoms with Crippen LogP contribution in [-0.2, 0) is 32.6 Å². The highest BCUT2D eigenvalue weighted by molar-refractivity contribution is 9.10. The van der Waals surface area contributed by atoms with E-state index in [-0.39, 0.29) is 24.9 Å². The van der Waals surface area contributed by atoms with Gasteiger partial charge in [0.25, 0.3) is 0 Å². The van der Waals surface area contributed by atoms with E-state index in [9.17, 15) is 18.0 Å². The van der Waals surface area contributed by atoms with E-state index in [1.807, 2.05) is 42.5 Å². The second kappa shape index (κ2) is 14.3. The average Bonchev–Trinajstić information content (AvgIpc) is 2.95. The Morgan fingerprint density at radius 1 is 0.976 bits per heavy atom. The van der Waals surface area contributed by atoms with Crippen LogP contribution in [0.3, 0.4) is 0 Å². The molecule has 0 spiro atoms. The van der Waals surface area contributed by atoms with Crippen molar-refractivity contribution in [2.24, 2.45) is 0 Å². The molecule has 0 saturated heterocycles. The van der Waals surface area contributed by atoms with Crippen LogP contribution in [0.15, 0.2) is 83.3 Å². The van der Waals surface area contributed by atoms with Crippen molar-refractivity contribution in [1.29, 1.82) is 0 Å². The number of amides is 2. The average molecular weight is 661 g/mol. The van der Waals surface area contributed by atoms with Crippen molar-refractivity contribution in [2.45, 2.75) is 57.2 Å². The number of nitrogens with zero attached hydrogens (tertiary/aromatic N) is 2. The van der Waals surface area contributed by atoms with Gasteiger partial charge in [0, 0.05) is 28.5 Å². The van der Waals surface area contributed by atoms with Crippen molar-refractivity contribution in [3.8, 4) is 0 Å². The molecule has 3 aromatic rings. The Balaban J connectivity index is 1.73. The highest BCUT2D eigenvalue weighted by Gasteiger charge is 2.34. The van der Waals surface area contributed by atoms with Gasteiger partial charge in [0.2, 0.25) is 21.8 Å². The van der Waals surface area contributed by atoms with E-state index in [1.165, 1.54) is 4.90 Å². The minimum absolute atomic E-state index is 0.0426. The number of benzene rings is 3. The smallest absolute Gasteiger partial charge is 0.244 e. The van der Waals surface area contributed by atoms with Crippen LogP contribution in [-0.4, -0.2) is 50.0 Å². The maximum atomic E-state index is 14.2. The lowest BCUT2D eigenvalue weighted by atomic mass is 9.94. The summed E-state index contributed by atoms with van der Waals surface area (Å²) in [7, 11) is -3.83. The van der Waals surface area contributed by atoms with E-state index in [1.54, 1.807) is 36.4 Å². The summed E-state index contributed by atoms with van der Waals surface area (Å²) in [6, 6.07) is 22.6. The summed E-state index contributed by atoms with van der Waals surface area (Å²) >= 11 is 9.90. The molecule has 7 nitrogen and oxygen atoms in total. The number of halogens is 2. The maximum Gasteiger partial charge on any atom is 0.244 e. The number of sulfonamides is 1. The standard InChI is InChI=1S/C31H35BrClN3O4S/c1-41(39,40)36(27-17-10-14-25(32)20-27)22-30(37)35(21-24-13-8-9-18-28(24)33)29(19-23-11-4-2-5-12-23)31(38)34-26-15-6-3-7-16-26/h2,4-5,8-14,17-18,20,26,29H,3,6-7,15-16,19,21-22H2,1H3,(H,34,38). The monoisotopic (exact) mass is 659 g/mol. The summed E-state index contributed by atoms with van der Waals surface area (Å²) in [4.78, 5) is 29.6. The van der Waals surface area contributed by atoms with E-state index >= 15 is 0 Å². The summed E-state index contributed by atoms with van der Waals surface area (Å²) < 4.78 is 27.6. The highest BCUT2D eigenvalue weighted by atomic mass is 79.9. The van der Waals surface area contributed by atoms with Crippen molar-refractivity contribution in [3.63, 3.8) is 0 Å². The van der Waals surface area contributed by atoms with Crippen LogP contribution in [0.1, 0.15) is 43.2 Å². The van der Waals surface area contributed by atoms with Crippen LogP contribution >= 0.6 is 27.5 Å². The first-order chi connectivity index (χ1) is 19.6. The number of nitrogens with one attached hydrogen (secondary N) is 1. The van der Waals surface area contributed by atoms with Crippen molar-refractivity contribution in [2.75, 3.05) is 17.1 Å². The SMILES string of the molecule is CS(=O)(=O)N(CC(=O)N(Cc1ccccc1Cl)C(Cc1ccccc1)C(=O)NC1CCCCC1)c1cccc(Br)c1. The minimum Gasteiger partial charge on any atom is -0.352 e. The molecule has 10 heteroatoms. The Hall–Kier alpha value is -2.88. The number of anilines is 1. The van der Waals surface area contributed by atoms with Gasteiger partial charge in [-0.3, -0.25) is 13.9 Å². The first-order valence-electron chi connectivity index (χ1n) is 13.7. The number of hydrogen-bond donors (Lipinski definition) is 1. The molecule has 1 aliphatic carbocycles. The van der Waals surface area contributed by atoms with Crippen LogP contribution < -0.4 is 9.62 Å². The second-order valence-corrected chi connectivity index (χ2v) is 13.6. The molecule has 1 unspecified atom stereocenters. The van der Waals surface area contributed by atoms with E-state index in [0.29, 0.717) is 20.7 Å². The Kier molecular flexibility index (Phi) is 10.9. The van der Waals surface area contributed by atoms with Gasteiger partial charge in [-0.05, 0) is 48.2 Å². The van der Waals surface area contributed by atoms with Gasteiger partial charge < -0.3 is 10.2 Å². The van der Waals surface area contributed by atoms with Crippen LogP contribution in [0.25, 0.3) is 0 Å². The van der Waals surface area contributed by atoms with Crippen LogP contribution in [0, 0.1) is 0 Å². The third-order valence-electron chi connectivity index (χ3n) is 7.30. The summed E-state index contributed by atoms with van der Waals surface area (Å²) in [6.07, 6.45) is 6.37. The molecule has 1 N–H and O–H groups in total. The third kappa shape index (κ3) is 8.80. The molecule has 1 fully saturated rings. The van der Waals surface area contributed by atoms with Crippen molar-refractivity contribution < 1.29 is 18.0 Å². The lowest BCUT2D eigenvalue weighted by Crippen LogP contribution is -2.55. The van der Waals surface area contributed by atoms with E-state index < -0.39 is 28.5 Å². The zero-order valence-electron chi connectivity index (χ0n) is 23.0. The van der Waals surface area contributed by atoms with Crippen LogP contribution in [0.2, 0.25) is 5.02 Å². The van der Waals surface area contributed by atoms with Gasteiger partial charge in [-0.15, -0.1) is 0 Å². The zero-order valence-corrected chi connectivity index (χ0v) is 26.2. The van der Waals surface area contributed by atoms with Crippen molar-refractivity contribution in [3.05, 3.63) is 99.5 Å². The summed E-state index contributed by atoms with van der Waals surface area (Å²) in [6.45, 7) is -0.425. The van der Waals surface area contributed by atoms with E-state index in [2.05, 4.69) is 21.2 Å². The quantitative estimate of drug-likeness (QED) is 0.275. The molecule has 2 amide bonds. The fourth-order valence-electron chi connectivity index (χ4n) is 5.15. The number of carbonyl (C=O) groups excluding carboxylic acids is 2. The normalized spacial score (nSPS) is 14.7. The lowest BCUT2D eigenvalue weighted by Gasteiger charge is -2.35. The summed E-state index contributed by atoms with van der Waals surface area (Å²) in [5.41, 5.74) is 1.90. The van der Waals surface area contributed by atoms with Crippen LogP contribution in [0.5, 0.6) is 0 Å². The predicted octanol–water partition coefficient (Wildman–Crippen LogP) is 5.96. The molecule has 1 aliphatic rings. The topological polar surface area (TPSA) is 86.8 Å². The van der Waals surface area contributed by atoms with Crippen LogP contribution in [0.4, 0.5) is 5.69 Å². The van der Waals surface area contributed by atoms with E-state index in [4.69, 9.17) is 11.6 Å². The first kappa shape index (κ1) is 31.1. The molecule has 218 valence electrons. The Bertz CT molecular complexity index is 1450. The van der Waals surface area contributed by atoms with Gasteiger partial charge in [0.15, 0.2) is 0 Å². The number of hydrogen-bond acceptors (Lipinski definition) is 4. The summed E-state index contributed by atoms with van der Waals surface area (Å²) in [5.74, 6) is -0.760. The molecule has 0 bridgehead atoms. The molecule has 0 aromatic heterocycles. The largest absolute Gasteiger partial charge is 0.352 e. The van der Waals surface area contributed by atoms with Gasteiger partial charge in [-0.2, -0.15) is 0 Å². The maximum absolute atomic E-state index is 14.2. The third-order valence-corrected chi connectivity index (χ3v) is 9.30. The second-order valence-electron chi connectivity index (χ2n) is 10.4. The van der Waals surface area contributed by atoms with E-state index in [0.717, 1.165) is 48.2 Å². The minimum atomic E-state index is -3.83. The van der Waals surface area contributed by atoms with Gasteiger partial charge in [0.05, 0.1) is 11.9 Å². The molecule has 0 heterocycles. The molecule has 1 saturated carbocycles. The molecular formula is C31H35BrClN3O4S. The van der Waals surface area contributed by atoms with Gasteiger partial charge in [-0.1, -0.05) is 101 Å². The molecule has 0 radical (unpaired) electrons. The number of rotatable bonds is 11. The lowest BCUT2D eigenvalue weighted by molar-refractivity contribution is -0.140. The van der Waals surface area contributed by atoms with Gasteiger partial charge in [0.1, 0.15) is 12.6 Å². The molecule has 3 aromatic carbocycles. The van der Waals surface area contributed by atoms with Gasteiger partial charge in [-0.25, -0.2) is 8.42 Å². The Morgan fingerprint density at radius 2 is 1.66 bits per heavy atom. The Labute approximate surface area is 256 Å². The zero-order chi connectivity index (χ0) is 29.4. The molecule has 1 atom stereocenters. The van der Waals surface area contributed by atoms with Crippen molar-refractivity contribution >= 4 is 55.1 Å². The molecule has 0 aliphatic heterocycles. The van der Waals surface area contributed by atoms with Gasteiger partial charge >= 0.3 is 0 Å². The first-order valence-corrected chi connectivity index (χ1v) is 16.7. The molecule has 4 rings (SSSR count). The fourth-order valence-corrected chi connectivity index (χ4v) is 6.58. The highest BCUT2D eigenvalue weighted by Crippen LogP contribution is 2.25. The van der Waals surface area contributed by atoms with Crippen molar-refractivity contribution in [1.82, 2.24) is 10.2 Å².